The van der Waals surface area contributed by atoms with E-state index in [9.17, 15) is 13.2 Å². The molecule has 0 radical (unpaired) electrons. The van der Waals surface area contributed by atoms with Gasteiger partial charge in [-0.25, -0.2) is 33.1 Å². The van der Waals surface area contributed by atoms with Gasteiger partial charge in [-0.05, 0) is 0 Å². The molecule has 2 unspecified atom stereocenters. The second-order valence-electron chi connectivity index (χ2n) is 11.7. The van der Waals surface area contributed by atoms with Gasteiger partial charge < -0.3 is 30.4 Å². The zero-order valence-corrected chi connectivity index (χ0v) is 26.1. The van der Waals surface area contributed by atoms with Crippen LogP contribution in [0.5, 0.6) is 0 Å². The highest BCUT2D eigenvalue weighted by molar-refractivity contribution is 8.00. The van der Waals surface area contributed by atoms with Crippen LogP contribution in [0.25, 0.3) is 22.3 Å². The van der Waals surface area contributed by atoms with E-state index in [1.54, 1.807) is 4.57 Å². The lowest BCUT2D eigenvalue weighted by Crippen LogP contribution is -2.81. The van der Waals surface area contributed by atoms with Gasteiger partial charge in [-0.15, -0.1) is 9.05 Å². The van der Waals surface area contributed by atoms with Crippen molar-refractivity contribution in [1.82, 2.24) is 43.8 Å². The van der Waals surface area contributed by atoms with Crippen molar-refractivity contribution in [1.29, 1.82) is 0 Å². The zero-order chi connectivity index (χ0) is 31.7. The minimum Gasteiger partial charge on any atom is -0.382 e. The highest BCUT2D eigenvalue weighted by Gasteiger charge is 2.86. The summed E-state index contributed by atoms with van der Waals surface area (Å²) >= 11 is 5.66. The molecule has 4 bridgehead atoms. The molecule has 20 nitrogen and oxygen atoms in total. The van der Waals surface area contributed by atoms with Crippen LogP contribution in [0.2, 0.25) is 0 Å². The van der Waals surface area contributed by atoms with Crippen molar-refractivity contribution in [2.75, 3.05) is 31.7 Å². The summed E-state index contributed by atoms with van der Waals surface area (Å²) in [6.07, 6.45) is -0.861. The Balaban J connectivity index is 1.07. The molecule has 23 heteroatoms. The minimum absolute atomic E-state index is 0.0107. The number of fused-ring (bicyclic) bond motifs is 7. The number of imidazole rings is 2. The van der Waals surface area contributed by atoms with Gasteiger partial charge in [0.2, 0.25) is 27.8 Å². The highest BCUT2D eigenvalue weighted by Crippen LogP contribution is 2.71. The molecule has 6 aliphatic rings. The fourth-order valence-corrected chi connectivity index (χ4v) is 10.7. The second kappa shape index (κ2) is 9.62. The number of aromatic amines is 1. The Labute approximate surface area is 263 Å². The van der Waals surface area contributed by atoms with Crippen molar-refractivity contribution in [2.45, 2.75) is 53.8 Å². The summed E-state index contributed by atoms with van der Waals surface area (Å²) in [5.41, 5.74) is 11.1. The first-order valence-corrected chi connectivity index (χ1v) is 17.7. The van der Waals surface area contributed by atoms with Crippen LogP contribution < -0.4 is 21.7 Å². The van der Waals surface area contributed by atoms with Gasteiger partial charge in [-0.1, -0.05) is 0 Å². The van der Waals surface area contributed by atoms with E-state index in [-0.39, 0.29) is 42.5 Å². The summed E-state index contributed by atoms with van der Waals surface area (Å²) in [6, 6.07) is 0. The monoisotopic (exact) mass is 694 g/mol. The lowest BCUT2D eigenvalue weighted by atomic mass is 9.61. The molecule has 4 aromatic rings. The molecular weight excluding hydrogens is 669 g/mol. The molecule has 5 aliphatic heterocycles. The molecule has 1 aliphatic carbocycles. The van der Waals surface area contributed by atoms with Crippen LogP contribution >= 0.6 is 7.15 Å². The van der Waals surface area contributed by atoms with E-state index in [1.165, 1.54) is 30.7 Å². The van der Waals surface area contributed by atoms with Crippen molar-refractivity contribution < 1.29 is 36.4 Å². The average molecular weight is 695 g/mol. The summed E-state index contributed by atoms with van der Waals surface area (Å²) in [7, 11) is -4.70. The quantitative estimate of drug-likeness (QED) is 0.178. The van der Waals surface area contributed by atoms with Crippen molar-refractivity contribution >= 4 is 63.1 Å². The number of H-pyrrole nitrogens is 1. The Kier molecular flexibility index (Phi) is 6.04. The van der Waals surface area contributed by atoms with Crippen molar-refractivity contribution in [2.24, 2.45) is 5.92 Å². The van der Waals surface area contributed by atoms with E-state index in [0.29, 0.717) is 11.2 Å². The Bertz CT molecular complexity index is 2130. The van der Waals surface area contributed by atoms with E-state index >= 15 is 0 Å². The molecule has 46 heavy (non-hydrogen) atoms. The van der Waals surface area contributed by atoms with Crippen LogP contribution in [0.3, 0.4) is 0 Å². The van der Waals surface area contributed by atoms with Crippen LogP contribution in [0.15, 0.2) is 23.8 Å². The summed E-state index contributed by atoms with van der Waals surface area (Å²) in [5.74, 6) is -0.533. The van der Waals surface area contributed by atoms with E-state index in [1.807, 2.05) is 0 Å². The maximum atomic E-state index is 14.0. The normalized spacial score (nSPS) is 38.8. The molecule has 0 aromatic carbocycles. The number of sulfonamides is 1. The Morgan fingerprint density at radius 3 is 2.67 bits per heavy atom. The fourth-order valence-electron chi connectivity index (χ4n) is 7.44. The predicted molar refractivity (Wildman–Crippen MR) is 158 cm³/mol. The van der Waals surface area contributed by atoms with Crippen LogP contribution in [0.4, 0.5) is 11.8 Å². The maximum absolute atomic E-state index is 14.0. The fraction of sp³-hybridized carbons (Fsp3) is 0.565. The Morgan fingerprint density at radius 1 is 1.09 bits per heavy atom. The van der Waals surface area contributed by atoms with Gasteiger partial charge in [0.15, 0.2) is 46.1 Å². The summed E-state index contributed by atoms with van der Waals surface area (Å²) in [6.45, 7) is -0.274. The van der Waals surface area contributed by atoms with Gasteiger partial charge in [-0.3, -0.25) is 18.9 Å². The average Bonchev–Trinajstić information content (AvgIpc) is 3.72. The molecule has 242 valence electrons. The van der Waals surface area contributed by atoms with E-state index in [4.69, 9.17) is 51.3 Å². The van der Waals surface area contributed by atoms with Gasteiger partial charge in [0, 0.05) is 20.1 Å². The lowest BCUT2D eigenvalue weighted by molar-refractivity contribution is -0.298. The Hall–Kier alpha value is -3.31. The number of nitrogens with one attached hydrogen (secondary N) is 2. The summed E-state index contributed by atoms with van der Waals surface area (Å²) < 4.78 is 71.0. The molecule has 1 saturated carbocycles. The standard InChI is InChI=1S/C23H24N11O9PS2/c1-38-11-8-2-30-46(36,37)23-3-22(14(23)13(41-23)20(42-22)33-6-28-9-15(24)26-5-27-16(9)33)4-39-44(45)43-12(11)19(40-8)34-7-29-10-17(34)31-21(25)32-18(10)35/h5-8,11-14,19-20,30H,2-4H2,1H3,(H4-,24,25,26,27,31,32,35)/p+1/t8-,11-,12-,13-,14?,19-,20-,22+,23-/m1/s1. The zero-order valence-electron chi connectivity index (χ0n) is 23.6. The first kappa shape index (κ1) is 28.9. The highest BCUT2D eigenvalue weighted by atomic mass is 32.4. The molecule has 6 N–H and O–H groups in total. The first-order valence-electron chi connectivity index (χ1n) is 14.0. The number of nitrogens with zero attached hydrogens (tertiary/aromatic N) is 7. The second-order valence-corrected chi connectivity index (χ2v) is 15.5. The van der Waals surface area contributed by atoms with Crippen LogP contribution in [-0.2, 0) is 49.8 Å². The largest absolute Gasteiger partial charge is 0.522 e. The summed E-state index contributed by atoms with van der Waals surface area (Å²) in [5, 5.41) is 0. The van der Waals surface area contributed by atoms with Crippen molar-refractivity contribution in [3.63, 3.8) is 0 Å². The number of hydrogen-bond donors (Lipinski definition) is 4. The molecule has 10 atom stereocenters. The maximum Gasteiger partial charge on any atom is 0.522 e. The lowest BCUT2D eigenvalue weighted by Gasteiger charge is -2.63. The minimum atomic E-state index is -4.12. The van der Waals surface area contributed by atoms with Gasteiger partial charge in [0.1, 0.15) is 42.4 Å². The van der Waals surface area contributed by atoms with Gasteiger partial charge in [0.25, 0.3) is 5.56 Å². The third-order valence-corrected chi connectivity index (χ3v) is 12.7. The first-order chi connectivity index (χ1) is 22.1. The Morgan fingerprint density at radius 2 is 1.87 bits per heavy atom. The van der Waals surface area contributed by atoms with E-state index < -0.39 is 76.1 Å². The summed E-state index contributed by atoms with van der Waals surface area (Å²) in [4.78, 5) is 34.3. The topological polar surface area (TPSA) is 261 Å². The number of anilines is 2. The molecule has 9 heterocycles. The molecule has 5 saturated heterocycles. The molecule has 2 spiro atoms. The van der Waals surface area contributed by atoms with E-state index in [2.05, 4.69) is 34.6 Å². The molecule has 10 rings (SSSR count). The number of nitrogens with two attached hydrogens (primary N) is 2. The predicted octanol–water partition coefficient (Wildman–Crippen LogP) is -1.47. The number of hydrogen-bond acceptors (Lipinski definition) is 17. The van der Waals surface area contributed by atoms with Gasteiger partial charge >= 0.3 is 7.15 Å². The molecular formula is C23H25N11O9PS2+. The number of rotatable bonds is 3. The molecule has 4 aromatic heterocycles. The van der Waals surface area contributed by atoms with Crippen LogP contribution in [0, 0.1) is 5.92 Å². The van der Waals surface area contributed by atoms with Crippen molar-refractivity contribution in [3.05, 3.63) is 29.3 Å². The van der Waals surface area contributed by atoms with Crippen LogP contribution in [-0.4, -0.2) is 103 Å². The number of nitrogen functional groups attached to an aromatic ring is 2. The van der Waals surface area contributed by atoms with Crippen LogP contribution in [0.1, 0.15) is 18.9 Å². The third kappa shape index (κ3) is 3.70. The number of methoxy groups -OCH3 is 1. The molecule has 6 fully saturated rings. The number of aromatic nitrogens is 8. The molecule has 0 amide bonds. The third-order valence-electron chi connectivity index (χ3n) is 9.38. The number of ether oxygens (including phenoxy) is 4. The smallest absolute Gasteiger partial charge is 0.382 e. The van der Waals surface area contributed by atoms with E-state index in [0.717, 1.165) is 0 Å². The SMILES string of the molecule is CO[C@H]1[C@H]2O[P+](=S)OC[C@@]34C[C@@]5(O[C@H](C35)[C@H](n3cnc5c(N)ncnc53)O4)S(=O)(=O)NC[C@H]1O[C@H]2n1cnc2c(=O)[nH]c(N)nc21. The van der Waals surface area contributed by atoms with Gasteiger partial charge in [0.05, 0.1) is 18.6 Å². The van der Waals surface area contributed by atoms with Crippen molar-refractivity contribution in [3.8, 4) is 0 Å². The van der Waals surface area contributed by atoms with Gasteiger partial charge in [-0.2, -0.15) is 4.98 Å².